The standard InChI is InChI=1S/C9H14N4.ClH/c10-9-7(2-1-3-13-9)8-6-11-4-5-12-8;/h1-3,8,11-12H,4-6H2,(H2,10,13);1H/t8-;/m0./s1. The van der Waals surface area contributed by atoms with Crippen molar-refractivity contribution in [3.63, 3.8) is 0 Å². The van der Waals surface area contributed by atoms with E-state index in [9.17, 15) is 0 Å². The van der Waals surface area contributed by atoms with Crippen LogP contribution in [0.5, 0.6) is 0 Å². The molecular weight excluding hydrogens is 200 g/mol. The number of aromatic nitrogens is 1. The molecule has 1 aliphatic heterocycles. The van der Waals surface area contributed by atoms with Gasteiger partial charge in [-0.2, -0.15) is 0 Å². The molecule has 0 saturated carbocycles. The highest BCUT2D eigenvalue weighted by Gasteiger charge is 2.16. The monoisotopic (exact) mass is 214 g/mol. The van der Waals surface area contributed by atoms with Crippen LogP contribution in [-0.4, -0.2) is 24.6 Å². The van der Waals surface area contributed by atoms with E-state index in [0.29, 0.717) is 11.9 Å². The molecule has 78 valence electrons. The third-order valence-corrected chi connectivity index (χ3v) is 2.29. The molecule has 1 saturated heterocycles. The van der Waals surface area contributed by atoms with E-state index in [2.05, 4.69) is 15.6 Å². The van der Waals surface area contributed by atoms with Gasteiger partial charge in [-0.1, -0.05) is 6.07 Å². The summed E-state index contributed by atoms with van der Waals surface area (Å²) < 4.78 is 0. The van der Waals surface area contributed by atoms with E-state index in [1.165, 1.54) is 0 Å². The maximum Gasteiger partial charge on any atom is 0.128 e. The molecule has 4 nitrogen and oxygen atoms in total. The molecule has 0 aliphatic carbocycles. The van der Waals surface area contributed by atoms with Gasteiger partial charge in [-0.15, -0.1) is 12.4 Å². The quantitative estimate of drug-likeness (QED) is 0.630. The van der Waals surface area contributed by atoms with E-state index < -0.39 is 0 Å². The summed E-state index contributed by atoms with van der Waals surface area (Å²) in [4.78, 5) is 4.06. The molecule has 0 aromatic carbocycles. The van der Waals surface area contributed by atoms with Crippen LogP contribution in [0.1, 0.15) is 11.6 Å². The zero-order chi connectivity index (χ0) is 9.10. The molecule has 1 fully saturated rings. The highest BCUT2D eigenvalue weighted by Crippen LogP contribution is 2.17. The van der Waals surface area contributed by atoms with Crippen molar-refractivity contribution in [3.8, 4) is 0 Å². The molecule has 0 unspecified atom stereocenters. The molecule has 4 N–H and O–H groups in total. The lowest BCUT2D eigenvalue weighted by molar-refractivity contribution is 0.430. The van der Waals surface area contributed by atoms with Gasteiger partial charge in [-0.05, 0) is 6.07 Å². The second kappa shape index (κ2) is 5.14. The molecule has 1 aromatic rings. The van der Waals surface area contributed by atoms with E-state index in [4.69, 9.17) is 5.73 Å². The van der Waals surface area contributed by atoms with Crippen LogP contribution in [0.15, 0.2) is 18.3 Å². The first-order valence-corrected chi connectivity index (χ1v) is 4.52. The first-order chi connectivity index (χ1) is 6.38. The van der Waals surface area contributed by atoms with Crippen LogP contribution < -0.4 is 16.4 Å². The highest BCUT2D eigenvalue weighted by atomic mass is 35.5. The summed E-state index contributed by atoms with van der Waals surface area (Å²) in [6.45, 7) is 2.94. The summed E-state index contributed by atoms with van der Waals surface area (Å²) in [5, 5.41) is 6.71. The smallest absolute Gasteiger partial charge is 0.128 e. The van der Waals surface area contributed by atoms with E-state index in [1.54, 1.807) is 6.20 Å². The molecule has 14 heavy (non-hydrogen) atoms. The van der Waals surface area contributed by atoms with Crippen molar-refractivity contribution in [1.29, 1.82) is 0 Å². The Labute approximate surface area is 89.7 Å². The topological polar surface area (TPSA) is 63.0 Å². The SMILES string of the molecule is Cl.Nc1ncccc1[C@@H]1CNCCN1. The predicted molar refractivity (Wildman–Crippen MR) is 59.5 cm³/mol. The van der Waals surface area contributed by atoms with Crippen LogP contribution >= 0.6 is 12.4 Å². The zero-order valence-electron chi connectivity index (χ0n) is 7.86. The Hall–Kier alpha value is -0.840. The van der Waals surface area contributed by atoms with Crippen molar-refractivity contribution in [2.24, 2.45) is 0 Å². The number of hydrogen-bond donors (Lipinski definition) is 3. The summed E-state index contributed by atoms with van der Waals surface area (Å²) in [7, 11) is 0. The Morgan fingerprint density at radius 3 is 2.93 bits per heavy atom. The minimum atomic E-state index is 0. The molecule has 1 aliphatic rings. The van der Waals surface area contributed by atoms with Gasteiger partial charge in [0.25, 0.3) is 0 Å². The molecule has 0 spiro atoms. The van der Waals surface area contributed by atoms with Crippen LogP contribution in [0.3, 0.4) is 0 Å². The Morgan fingerprint density at radius 1 is 1.43 bits per heavy atom. The maximum absolute atomic E-state index is 5.77. The van der Waals surface area contributed by atoms with E-state index >= 15 is 0 Å². The lowest BCUT2D eigenvalue weighted by Gasteiger charge is -2.25. The van der Waals surface area contributed by atoms with Crippen LogP contribution in [0.4, 0.5) is 5.82 Å². The average molecular weight is 215 g/mol. The fourth-order valence-electron chi connectivity index (χ4n) is 1.60. The van der Waals surface area contributed by atoms with Crippen LogP contribution in [0.2, 0.25) is 0 Å². The Kier molecular flexibility index (Phi) is 4.13. The summed E-state index contributed by atoms with van der Waals surface area (Å²) in [5.74, 6) is 0.628. The molecule has 2 rings (SSSR count). The van der Waals surface area contributed by atoms with Gasteiger partial charge in [0.05, 0.1) is 0 Å². The number of pyridine rings is 1. The highest BCUT2D eigenvalue weighted by molar-refractivity contribution is 5.85. The van der Waals surface area contributed by atoms with Gasteiger partial charge in [0.15, 0.2) is 0 Å². The lowest BCUT2D eigenvalue weighted by atomic mass is 10.1. The molecule has 5 heteroatoms. The van der Waals surface area contributed by atoms with Crippen molar-refractivity contribution >= 4 is 18.2 Å². The van der Waals surface area contributed by atoms with Crippen molar-refractivity contribution in [1.82, 2.24) is 15.6 Å². The second-order valence-electron chi connectivity index (χ2n) is 3.19. The van der Waals surface area contributed by atoms with Crippen molar-refractivity contribution in [3.05, 3.63) is 23.9 Å². The van der Waals surface area contributed by atoms with Gasteiger partial charge in [-0.3, -0.25) is 0 Å². The molecule has 1 atom stereocenters. The number of nitrogen functional groups attached to an aromatic ring is 1. The van der Waals surface area contributed by atoms with E-state index in [0.717, 1.165) is 25.2 Å². The van der Waals surface area contributed by atoms with Crippen LogP contribution in [0.25, 0.3) is 0 Å². The van der Waals surface area contributed by atoms with Crippen LogP contribution in [0, 0.1) is 0 Å². The van der Waals surface area contributed by atoms with Crippen molar-refractivity contribution in [2.75, 3.05) is 25.4 Å². The summed E-state index contributed by atoms with van der Waals surface area (Å²) in [5.41, 5.74) is 6.86. The minimum absolute atomic E-state index is 0. The molecule has 2 heterocycles. The molecule has 0 bridgehead atoms. The number of hydrogen-bond acceptors (Lipinski definition) is 4. The summed E-state index contributed by atoms with van der Waals surface area (Å²) in [6.07, 6.45) is 1.72. The normalized spacial score (nSPS) is 21.3. The summed E-state index contributed by atoms with van der Waals surface area (Å²) in [6, 6.07) is 4.25. The Balaban J connectivity index is 0.000000980. The Bertz CT molecular complexity index is 286. The predicted octanol–water partition coefficient (Wildman–Crippen LogP) is 0.319. The average Bonchev–Trinajstić information content (AvgIpc) is 2.20. The second-order valence-corrected chi connectivity index (χ2v) is 3.19. The number of piperazine rings is 1. The largest absolute Gasteiger partial charge is 0.383 e. The third kappa shape index (κ3) is 2.35. The van der Waals surface area contributed by atoms with Crippen molar-refractivity contribution < 1.29 is 0 Å². The number of nitrogens with two attached hydrogens (primary N) is 1. The van der Waals surface area contributed by atoms with Crippen molar-refractivity contribution in [2.45, 2.75) is 6.04 Å². The number of anilines is 1. The third-order valence-electron chi connectivity index (χ3n) is 2.29. The minimum Gasteiger partial charge on any atom is -0.383 e. The molecular formula is C9H15ClN4. The molecule has 1 aromatic heterocycles. The maximum atomic E-state index is 5.77. The first kappa shape index (κ1) is 11.2. The fourth-order valence-corrected chi connectivity index (χ4v) is 1.60. The van der Waals surface area contributed by atoms with Gasteiger partial charge < -0.3 is 16.4 Å². The molecule has 0 radical (unpaired) electrons. The number of halogens is 1. The Morgan fingerprint density at radius 2 is 2.29 bits per heavy atom. The van der Waals surface area contributed by atoms with Gasteiger partial charge in [0.2, 0.25) is 0 Å². The van der Waals surface area contributed by atoms with Gasteiger partial charge in [0, 0.05) is 37.4 Å². The number of nitrogens with zero attached hydrogens (tertiary/aromatic N) is 1. The van der Waals surface area contributed by atoms with Gasteiger partial charge in [-0.25, -0.2) is 4.98 Å². The molecule has 0 amide bonds. The number of nitrogens with one attached hydrogen (secondary N) is 2. The fraction of sp³-hybridized carbons (Fsp3) is 0.444. The zero-order valence-corrected chi connectivity index (χ0v) is 8.68. The van der Waals surface area contributed by atoms with Gasteiger partial charge in [0.1, 0.15) is 5.82 Å². The lowest BCUT2D eigenvalue weighted by Crippen LogP contribution is -2.42. The first-order valence-electron chi connectivity index (χ1n) is 4.52. The van der Waals surface area contributed by atoms with E-state index in [-0.39, 0.29) is 12.4 Å². The van der Waals surface area contributed by atoms with Gasteiger partial charge >= 0.3 is 0 Å². The summed E-state index contributed by atoms with van der Waals surface area (Å²) >= 11 is 0. The van der Waals surface area contributed by atoms with Crippen LogP contribution in [-0.2, 0) is 0 Å². The number of rotatable bonds is 1. The van der Waals surface area contributed by atoms with E-state index in [1.807, 2.05) is 12.1 Å².